The largest absolute Gasteiger partial charge is 0.476 e. The zero-order valence-electron chi connectivity index (χ0n) is 9.12. The highest BCUT2D eigenvalue weighted by molar-refractivity contribution is 6.30. The van der Waals surface area contributed by atoms with E-state index in [2.05, 4.69) is 5.10 Å². The quantitative estimate of drug-likeness (QED) is 0.914. The van der Waals surface area contributed by atoms with E-state index >= 15 is 0 Å². The topological polar surface area (TPSA) is 55.1 Å². The Balaban J connectivity index is 2.66. The van der Waals surface area contributed by atoms with Gasteiger partial charge in [0.2, 0.25) is 0 Å². The third-order valence-electron chi connectivity index (χ3n) is 2.36. The molecule has 1 heterocycles. The van der Waals surface area contributed by atoms with Crippen LogP contribution in [0.5, 0.6) is 0 Å². The number of aromatic carboxylic acids is 1. The third kappa shape index (κ3) is 2.06. The number of hydrogen-bond donors (Lipinski definition) is 1. The smallest absolute Gasteiger partial charge is 0.356 e. The Bertz CT molecular complexity index is 617. The first kappa shape index (κ1) is 12.5. The van der Waals surface area contributed by atoms with Gasteiger partial charge in [-0.15, -0.1) is 0 Å². The lowest BCUT2D eigenvalue weighted by atomic mass is 10.1. The van der Waals surface area contributed by atoms with Gasteiger partial charge in [0.15, 0.2) is 5.69 Å². The van der Waals surface area contributed by atoms with Gasteiger partial charge in [0.25, 0.3) is 0 Å². The first-order valence-electron chi connectivity index (χ1n) is 4.82. The molecule has 0 saturated carbocycles. The second kappa shape index (κ2) is 4.38. The van der Waals surface area contributed by atoms with E-state index in [1.807, 2.05) is 0 Å². The lowest BCUT2D eigenvalue weighted by molar-refractivity contribution is 0.0689. The molecule has 1 aromatic heterocycles. The van der Waals surface area contributed by atoms with E-state index in [1.54, 1.807) is 0 Å². The van der Waals surface area contributed by atoms with Crippen LogP contribution in [-0.2, 0) is 7.05 Å². The summed E-state index contributed by atoms with van der Waals surface area (Å²) in [4.78, 5) is 10.7. The standard InChI is InChI=1S/C11H7ClF2N2O2/c1-16-9(4-8(15-16)11(17)18)10-6(13)2-5(12)3-7(10)14/h2-4H,1H3,(H,17,18). The molecule has 18 heavy (non-hydrogen) atoms. The molecule has 2 rings (SSSR count). The first-order valence-corrected chi connectivity index (χ1v) is 5.20. The fourth-order valence-corrected chi connectivity index (χ4v) is 1.78. The number of carboxylic acids is 1. The summed E-state index contributed by atoms with van der Waals surface area (Å²) in [6.45, 7) is 0. The fraction of sp³-hybridized carbons (Fsp3) is 0.0909. The number of hydrogen-bond acceptors (Lipinski definition) is 2. The number of rotatable bonds is 2. The molecule has 0 saturated heterocycles. The molecule has 0 fully saturated rings. The molecule has 4 nitrogen and oxygen atoms in total. The van der Waals surface area contributed by atoms with Gasteiger partial charge in [0.05, 0.1) is 11.3 Å². The van der Waals surface area contributed by atoms with E-state index < -0.39 is 17.6 Å². The number of benzene rings is 1. The van der Waals surface area contributed by atoms with Crippen molar-refractivity contribution in [3.05, 3.63) is 40.6 Å². The van der Waals surface area contributed by atoms with Gasteiger partial charge < -0.3 is 5.11 Å². The molecule has 0 amide bonds. The van der Waals surface area contributed by atoms with Crippen molar-refractivity contribution in [1.29, 1.82) is 0 Å². The van der Waals surface area contributed by atoms with Gasteiger partial charge in [-0.3, -0.25) is 4.68 Å². The minimum atomic E-state index is -1.27. The summed E-state index contributed by atoms with van der Waals surface area (Å²) in [7, 11) is 1.40. The minimum Gasteiger partial charge on any atom is -0.476 e. The van der Waals surface area contributed by atoms with Crippen LogP contribution in [0.2, 0.25) is 5.02 Å². The van der Waals surface area contributed by atoms with Crippen molar-refractivity contribution in [3.63, 3.8) is 0 Å². The second-order valence-corrected chi connectivity index (χ2v) is 4.02. The highest BCUT2D eigenvalue weighted by Gasteiger charge is 2.19. The molecule has 94 valence electrons. The minimum absolute atomic E-state index is 0.0269. The van der Waals surface area contributed by atoms with Crippen LogP contribution in [0.1, 0.15) is 10.5 Å². The molecule has 0 aliphatic carbocycles. The molecular weight excluding hydrogens is 266 g/mol. The van der Waals surface area contributed by atoms with Gasteiger partial charge in [0.1, 0.15) is 11.6 Å². The van der Waals surface area contributed by atoms with Crippen molar-refractivity contribution < 1.29 is 18.7 Å². The summed E-state index contributed by atoms with van der Waals surface area (Å²) < 4.78 is 28.4. The number of carboxylic acid groups (broad SMARTS) is 1. The van der Waals surface area contributed by atoms with Crippen LogP contribution >= 0.6 is 11.6 Å². The van der Waals surface area contributed by atoms with E-state index in [4.69, 9.17) is 16.7 Å². The number of halogens is 3. The Hall–Kier alpha value is -1.95. The van der Waals surface area contributed by atoms with E-state index in [9.17, 15) is 13.6 Å². The highest BCUT2D eigenvalue weighted by Crippen LogP contribution is 2.29. The van der Waals surface area contributed by atoms with Crippen molar-refractivity contribution in [2.45, 2.75) is 0 Å². The van der Waals surface area contributed by atoms with Crippen molar-refractivity contribution in [1.82, 2.24) is 9.78 Å². The van der Waals surface area contributed by atoms with Gasteiger partial charge in [-0.25, -0.2) is 13.6 Å². The van der Waals surface area contributed by atoms with E-state index in [0.717, 1.165) is 22.9 Å². The first-order chi connectivity index (χ1) is 8.40. The molecule has 0 atom stereocenters. The van der Waals surface area contributed by atoms with E-state index in [-0.39, 0.29) is 22.0 Å². The number of aryl methyl sites for hydroxylation is 1. The molecule has 0 radical (unpaired) electrons. The van der Waals surface area contributed by atoms with Crippen molar-refractivity contribution in [3.8, 4) is 11.3 Å². The van der Waals surface area contributed by atoms with Crippen LogP contribution in [0.3, 0.4) is 0 Å². The Morgan fingerprint density at radius 2 is 1.89 bits per heavy atom. The molecule has 0 aliphatic heterocycles. The normalized spacial score (nSPS) is 10.7. The predicted molar refractivity (Wildman–Crippen MR) is 60.5 cm³/mol. The SMILES string of the molecule is Cn1nc(C(=O)O)cc1-c1c(F)cc(Cl)cc1F. The van der Waals surface area contributed by atoms with Gasteiger partial charge >= 0.3 is 5.97 Å². The Kier molecular flexibility index (Phi) is 3.04. The summed E-state index contributed by atoms with van der Waals surface area (Å²) in [5.74, 6) is -3.02. The molecule has 7 heteroatoms. The molecule has 0 spiro atoms. The van der Waals surface area contributed by atoms with Gasteiger partial charge in [0, 0.05) is 12.1 Å². The van der Waals surface area contributed by atoms with Crippen LogP contribution in [0.25, 0.3) is 11.3 Å². The van der Waals surface area contributed by atoms with Crippen LogP contribution in [0, 0.1) is 11.6 Å². The molecule has 1 aromatic carbocycles. The molecule has 1 N–H and O–H groups in total. The maximum absolute atomic E-state index is 13.7. The molecule has 0 bridgehead atoms. The predicted octanol–water partition coefficient (Wildman–Crippen LogP) is 2.72. The van der Waals surface area contributed by atoms with Gasteiger partial charge in [-0.1, -0.05) is 11.6 Å². The number of aromatic nitrogens is 2. The zero-order chi connectivity index (χ0) is 13.4. The molecule has 2 aromatic rings. The summed E-state index contributed by atoms with van der Waals surface area (Å²) in [5, 5.41) is 12.3. The summed E-state index contributed by atoms with van der Waals surface area (Å²) in [6, 6.07) is 3.00. The number of carbonyl (C=O) groups is 1. The second-order valence-electron chi connectivity index (χ2n) is 3.59. The fourth-order valence-electron chi connectivity index (χ4n) is 1.59. The van der Waals surface area contributed by atoms with E-state index in [1.165, 1.54) is 7.05 Å². The third-order valence-corrected chi connectivity index (χ3v) is 2.58. The average molecular weight is 273 g/mol. The zero-order valence-corrected chi connectivity index (χ0v) is 9.87. The summed E-state index contributed by atoms with van der Waals surface area (Å²) in [5.41, 5.74) is -0.623. The Labute approximate surface area is 105 Å². The van der Waals surface area contributed by atoms with Crippen LogP contribution in [0.15, 0.2) is 18.2 Å². The van der Waals surface area contributed by atoms with Gasteiger partial charge in [-0.2, -0.15) is 5.10 Å². The van der Waals surface area contributed by atoms with E-state index in [0.29, 0.717) is 0 Å². The van der Waals surface area contributed by atoms with Crippen LogP contribution < -0.4 is 0 Å². The molecular formula is C11H7ClF2N2O2. The lowest BCUT2D eigenvalue weighted by Crippen LogP contribution is -2.00. The maximum atomic E-state index is 13.7. The monoisotopic (exact) mass is 272 g/mol. The Morgan fingerprint density at radius 1 is 1.33 bits per heavy atom. The van der Waals surface area contributed by atoms with Crippen molar-refractivity contribution in [2.24, 2.45) is 7.05 Å². The number of nitrogens with zero attached hydrogens (tertiary/aromatic N) is 2. The lowest BCUT2D eigenvalue weighted by Gasteiger charge is -2.05. The highest BCUT2D eigenvalue weighted by atomic mass is 35.5. The summed E-state index contributed by atoms with van der Waals surface area (Å²) >= 11 is 5.51. The molecule has 0 unspecified atom stereocenters. The van der Waals surface area contributed by atoms with Crippen LogP contribution in [0.4, 0.5) is 8.78 Å². The Morgan fingerprint density at radius 3 is 2.33 bits per heavy atom. The van der Waals surface area contributed by atoms with Crippen molar-refractivity contribution >= 4 is 17.6 Å². The average Bonchev–Trinajstić information content (AvgIpc) is 2.59. The maximum Gasteiger partial charge on any atom is 0.356 e. The van der Waals surface area contributed by atoms with Crippen LogP contribution in [-0.4, -0.2) is 20.9 Å². The van der Waals surface area contributed by atoms with Gasteiger partial charge in [-0.05, 0) is 18.2 Å². The van der Waals surface area contributed by atoms with Crippen molar-refractivity contribution in [2.75, 3.05) is 0 Å². The molecule has 0 aliphatic rings. The summed E-state index contributed by atoms with van der Waals surface area (Å²) in [6.07, 6.45) is 0.